The Hall–Kier alpha value is 0.140. The van der Waals surface area contributed by atoms with Gasteiger partial charge in [0, 0.05) is 7.05 Å². The van der Waals surface area contributed by atoms with E-state index >= 15 is 0 Å². The van der Waals surface area contributed by atoms with Crippen molar-refractivity contribution < 1.29 is 0 Å². The highest BCUT2D eigenvalue weighted by Crippen LogP contribution is 2.32. The van der Waals surface area contributed by atoms with Crippen LogP contribution in [-0.2, 0) is 7.05 Å². The minimum atomic E-state index is 0.387. The van der Waals surface area contributed by atoms with E-state index in [1.54, 1.807) is 16.4 Å². The summed E-state index contributed by atoms with van der Waals surface area (Å²) in [7, 11) is 1.84. The fourth-order valence-corrected chi connectivity index (χ4v) is 2.24. The van der Waals surface area contributed by atoms with E-state index in [1.165, 1.54) is 0 Å². The number of hydrogen-bond acceptors (Lipinski definition) is 2. The zero-order chi connectivity index (χ0) is 9.14. The first-order valence-electron chi connectivity index (χ1n) is 3.67. The smallest absolute Gasteiger partial charge is 0.170 e. The molecule has 0 saturated carbocycles. The van der Waals surface area contributed by atoms with Crippen LogP contribution in [0.25, 0.3) is 0 Å². The van der Waals surface area contributed by atoms with Crippen molar-refractivity contribution in [3.8, 4) is 0 Å². The van der Waals surface area contributed by atoms with Crippen molar-refractivity contribution in [2.24, 2.45) is 7.05 Å². The van der Waals surface area contributed by atoms with Crippen LogP contribution in [-0.4, -0.2) is 15.5 Å². The molecule has 0 aliphatic carbocycles. The predicted octanol–water partition coefficient (Wildman–Crippen LogP) is 3.23. The molecule has 0 atom stereocenters. The average molecular weight is 225 g/mol. The zero-order valence-electron chi connectivity index (χ0n) is 6.97. The minimum absolute atomic E-state index is 0.387. The quantitative estimate of drug-likeness (QED) is 0.735. The van der Waals surface area contributed by atoms with Crippen molar-refractivity contribution in [3.63, 3.8) is 0 Å². The molecule has 0 fully saturated rings. The molecule has 0 saturated heterocycles. The van der Waals surface area contributed by atoms with E-state index < -0.39 is 0 Å². The number of aryl methyl sites for hydroxylation is 1. The molecule has 0 N–H and O–H groups in total. The van der Waals surface area contributed by atoms with Gasteiger partial charge in [-0.3, -0.25) is 4.68 Å². The molecule has 0 radical (unpaired) electrons. The maximum absolute atomic E-state index is 5.91. The molecule has 12 heavy (non-hydrogen) atoms. The van der Waals surface area contributed by atoms with E-state index in [1.807, 2.05) is 7.05 Å². The largest absolute Gasteiger partial charge is 0.259 e. The molecule has 0 unspecified atom stereocenters. The zero-order valence-corrected chi connectivity index (χ0v) is 9.30. The second-order valence-corrected chi connectivity index (χ2v) is 4.20. The number of aromatic nitrogens is 2. The summed E-state index contributed by atoms with van der Waals surface area (Å²) in [6, 6.07) is 0. The van der Waals surface area contributed by atoms with Gasteiger partial charge in [-0.1, -0.05) is 30.1 Å². The summed E-state index contributed by atoms with van der Waals surface area (Å²) in [6.45, 7) is 2.12. The summed E-state index contributed by atoms with van der Waals surface area (Å²) < 4.78 is 1.71. The normalized spacial score (nSPS) is 10.7. The van der Waals surface area contributed by atoms with Crippen molar-refractivity contribution in [2.45, 2.75) is 18.4 Å². The van der Waals surface area contributed by atoms with Gasteiger partial charge in [-0.05, 0) is 12.2 Å². The van der Waals surface area contributed by atoms with Crippen LogP contribution in [0.15, 0.2) is 5.03 Å². The molecule has 1 aromatic heterocycles. The minimum Gasteiger partial charge on any atom is -0.259 e. The molecule has 5 heteroatoms. The third-order valence-corrected chi connectivity index (χ3v) is 3.53. The first-order valence-corrected chi connectivity index (χ1v) is 5.41. The Morgan fingerprint density at radius 2 is 2.17 bits per heavy atom. The van der Waals surface area contributed by atoms with Gasteiger partial charge < -0.3 is 0 Å². The molecule has 1 heterocycles. The highest BCUT2D eigenvalue weighted by Gasteiger charge is 2.11. The molecular formula is C7H10Cl2N2S. The van der Waals surface area contributed by atoms with Crippen molar-refractivity contribution >= 4 is 35.0 Å². The van der Waals surface area contributed by atoms with E-state index in [0.717, 1.165) is 17.2 Å². The number of hydrogen-bond donors (Lipinski definition) is 0. The average Bonchev–Trinajstić information content (AvgIpc) is 2.25. The highest BCUT2D eigenvalue weighted by atomic mass is 35.5. The van der Waals surface area contributed by atoms with Gasteiger partial charge in [0.1, 0.15) is 10.0 Å². The Bertz CT molecular complexity index is 273. The van der Waals surface area contributed by atoms with Crippen LogP contribution in [0.3, 0.4) is 0 Å². The van der Waals surface area contributed by atoms with Gasteiger partial charge in [-0.25, -0.2) is 0 Å². The van der Waals surface area contributed by atoms with Crippen LogP contribution in [0.2, 0.25) is 10.2 Å². The second-order valence-electron chi connectivity index (χ2n) is 2.38. The van der Waals surface area contributed by atoms with Crippen molar-refractivity contribution in [1.29, 1.82) is 0 Å². The summed E-state index contributed by atoms with van der Waals surface area (Å²) in [5.74, 6) is 1.04. The molecule has 0 aliphatic rings. The van der Waals surface area contributed by atoms with E-state index in [0.29, 0.717) is 10.2 Å². The van der Waals surface area contributed by atoms with Gasteiger partial charge in [-0.2, -0.15) is 5.10 Å². The summed E-state index contributed by atoms with van der Waals surface area (Å²) in [6.07, 6.45) is 1.11. The maximum Gasteiger partial charge on any atom is 0.170 e. The molecule has 0 amide bonds. The standard InChI is InChI=1S/C7H10Cl2N2S/c1-3-4-12-7-5(8)6(9)10-11(7)2/h3-4H2,1-2H3. The molecule has 1 aromatic rings. The first-order chi connectivity index (χ1) is 5.66. The Kier molecular flexibility index (Phi) is 3.75. The van der Waals surface area contributed by atoms with Gasteiger partial charge in [0.25, 0.3) is 0 Å². The fraction of sp³-hybridized carbons (Fsp3) is 0.571. The third kappa shape index (κ3) is 2.09. The number of thioether (sulfide) groups is 1. The number of nitrogens with zero attached hydrogens (tertiary/aromatic N) is 2. The SMILES string of the molecule is CCCSc1c(Cl)c(Cl)nn1C. The van der Waals surface area contributed by atoms with Gasteiger partial charge >= 0.3 is 0 Å². The fourth-order valence-electron chi connectivity index (χ4n) is 0.807. The van der Waals surface area contributed by atoms with Crippen molar-refractivity contribution in [1.82, 2.24) is 9.78 Å². The predicted molar refractivity (Wildman–Crippen MR) is 54.2 cm³/mol. The van der Waals surface area contributed by atoms with E-state index in [9.17, 15) is 0 Å². The van der Waals surface area contributed by atoms with Gasteiger partial charge in [0.2, 0.25) is 0 Å². The van der Waals surface area contributed by atoms with E-state index in [4.69, 9.17) is 23.2 Å². The maximum atomic E-state index is 5.91. The molecule has 2 nitrogen and oxygen atoms in total. The number of halogens is 2. The van der Waals surface area contributed by atoms with Crippen LogP contribution >= 0.6 is 35.0 Å². The van der Waals surface area contributed by atoms with Crippen LogP contribution in [0.4, 0.5) is 0 Å². The Labute approximate surface area is 86.2 Å². The van der Waals surface area contributed by atoms with Crippen molar-refractivity contribution in [3.05, 3.63) is 10.2 Å². The van der Waals surface area contributed by atoms with Crippen LogP contribution in [0.1, 0.15) is 13.3 Å². The highest BCUT2D eigenvalue weighted by molar-refractivity contribution is 7.99. The summed E-state index contributed by atoms with van der Waals surface area (Å²) in [5.41, 5.74) is 0. The molecule has 0 aromatic carbocycles. The lowest BCUT2D eigenvalue weighted by atomic mass is 10.6. The topological polar surface area (TPSA) is 17.8 Å². The molecule has 1 rings (SSSR count). The van der Waals surface area contributed by atoms with Gasteiger partial charge in [0.15, 0.2) is 5.15 Å². The third-order valence-electron chi connectivity index (χ3n) is 1.34. The molecular weight excluding hydrogens is 215 g/mol. The van der Waals surface area contributed by atoms with Gasteiger partial charge in [0.05, 0.1) is 0 Å². The molecule has 0 aliphatic heterocycles. The molecule has 68 valence electrons. The van der Waals surface area contributed by atoms with Crippen LogP contribution < -0.4 is 0 Å². The monoisotopic (exact) mass is 224 g/mol. The first kappa shape index (κ1) is 10.2. The summed E-state index contributed by atoms with van der Waals surface area (Å²) in [5, 5.41) is 5.89. The Morgan fingerprint density at radius 3 is 2.58 bits per heavy atom. The Balaban J connectivity index is 2.82. The van der Waals surface area contributed by atoms with E-state index in [-0.39, 0.29) is 0 Å². The number of rotatable bonds is 3. The summed E-state index contributed by atoms with van der Waals surface area (Å²) >= 11 is 13.3. The lowest BCUT2D eigenvalue weighted by Gasteiger charge is -1.99. The van der Waals surface area contributed by atoms with Crippen LogP contribution in [0, 0.1) is 0 Å². The van der Waals surface area contributed by atoms with E-state index in [2.05, 4.69) is 12.0 Å². The van der Waals surface area contributed by atoms with Crippen molar-refractivity contribution in [2.75, 3.05) is 5.75 Å². The lowest BCUT2D eigenvalue weighted by Crippen LogP contribution is -1.92. The molecule has 0 spiro atoms. The molecule has 0 bridgehead atoms. The van der Waals surface area contributed by atoms with Crippen LogP contribution in [0.5, 0.6) is 0 Å². The lowest BCUT2D eigenvalue weighted by molar-refractivity contribution is 0.699. The Morgan fingerprint density at radius 1 is 1.50 bits per heavy atom. The summed E-state index contributed by atoms with van der Waals surface area (Å²) in [4.78, 5) is 0. The van der Waals surface area contributed by atoms with Gasteiger partial charge in [-0.15, -0.1) is 11.8 Å². The second kappa shape index (κ2) is 4.40.